The van der Waals surface area contributed by atoms with E-state index in [1.807, 2.05) is 0 Å². The van der Waals surface area contributed by atoms with E-state index in [1.165, 1.54) is 51.7 Å². The third-order valence-electron chi connectivity index (χ3n) is 4.12. The van der Waals surface area contributed by atoms with Crippen molar-refractivity contribution in [1.82, 2.24) is 4.90 Å². The van der Waals surface area contributed by atoms with Gasteiger partial charge >= 0.3 is 0 Å². The van der Waals surface area contributed by atoms with E-state index in [0.717, 1.165) is 18.4 Å². The molecule has 2 rings (SSSR count). The van der Waals surface area contributed by atoms with Crippen LogP contribution in [-0.4, -0.2) is 44.3 Å². The van der Waals surface area contributed by atoms with E-state index in [4.69, 9.17) is 10.5 Å². The minimum atomic E-state index is 0.469. The predicted octanol–water partition coefficient (Wildman–Crippen LogP) is 1.47. The fourth-order valence-electron chi connectivity index (χ4n) is 2.70. The Labute approximate surface area is 99.3 Å². The molecule has 1 saturated heterocycles. The summed E-state index contributed by atoms with van der Waals surface area (Å²) in [5.41, 5.74) is 6.12. The lowest BCUT2D eigenvalue weighted by molar-refractivity contribution is 0.0980. The van der Waals surface area contributed by atoms with Crippen LogP contribution in [0.25, 0.3) is 0 Å². The van der Waals surface area contributed by atoms with Gasteiger partial charge < -0.3 is 15.4 Å². The third-order valence-corrected chi connectivity index (χ3v) is 4.12. The highest BCUT2D eigenvalue weighted by Crippen LogP contribution is 2.33. The van der Waals surface area contributed by atoms with Gasteiger partial charge in [-0.1, -0.05) is 0 Å². The first-order chi connectivity index (χ1) is 7.79. The molecule has 94 valence electrons. The summed E-state index contributed by atoms with van der Waals surface area (Å²) in [6.07, 6.45) is 6.53. The molecule has 1 saturated carbocycles. The zero-order valence-corrected chi connectivity index (χ0v) is 10.5. The molecule has 3 heteroatoms. The van der Waals surface area contributed by atoms with Crippen LogP contribution in [0.15, 0.2) is 0 Å². The Hall–Kier alpha value is -0.120. The second-order valence-corrected chi connectivity index (χ2v) is 5.53. The van der Waals surface area contributed by atoms with Crippen molar-refractivity contribution in [2.75, 3.05) is 33.4 Å². The van der Waals surface area contributed by atoms with Gasteiger partial charge in [0.05, 0.1) is 0 Å². The molecule has 0 spiro atoms. The molecule has 0 radical (unpaired) electrons. The van der Waals surface area contributed by atoms with Gasteiger partial charge in [-0.15, -0.1) is 0 Å². The lowest BCUT2D eigenvalue weighted by Gasteiger charge is -2.32. The summed E-state index contributed by atoms with van der Waals surface area (Å²) >= 11 is 0. The molecule has 1 aliphatic heterocycles. The summed E-state index contributed by atoms with van der Waals surface area (Å²) in [5.74, 6) is 1.64. The zero-order valence-electron chi connectivity index (χ0n) is 10.5. The molecular weight excluding hydrogens is 200 g/mol. The molecular formula is C13H26N2O. The largest absolute Gasteiger partial charge is 0.384 e. The topological polar surface area (TPSA) is 38.5 Å². The number of nitrogens with two attached hydrogens (primary N) is 1. The summed E-state index contributed by atoms with van der Waals surface area (Å²) in [5, 5.41) is 0. The van der Waals surface area contributed by atoms with Crippen LogP contribution in [0.3, 0.4) is 0 Å². The number of hydrogen-bond acceptors (Lipinski definition) is 3. The van der Waals surface area contributed by atoms with Crippen LogP contribution in [0, 0.1) is 11.8 Å². The average Bonchev–Trinajstić information content (AvgIpc) is 3.12. The van der Waals surface area contributed by atoms with Crippen LogP contribution in [0.2, 0.25) is 0 Å². The van der Waals surface area contributed by atoms with Crippen molar-refractivity contribution in [3.63, 3.8) is 0 Å². The van der Waals surface area contributed by atoms with E-state index in [1.54, 1.807) is 7.11 Å². The third kappa shape index (κ3) is 3.72. The number of rotatable bonds is 6. The second-order valence-electron chi connectivity index (χ2n) is 5.53. The molecule has 0 aromatic rings. The van der Waals surface area contributed by atoms with E-state index < -0.39 is 0 Å². The molecule has 1 atom stereocenters. The Morgan fingerprint density at radius 1 is 1.25 bits per heavy atom. The maximum Gasteiger partial charge on any atom is 0.0491 e. The fraction of sp³-hybridized carbons (Fsp3) is 1.00. The molecule has 2 N–H and O–H groups in total. The number of ether oxygens (including phenoxy) is 1. The monoisotopic (exact) mass is 226 g/mol. The molecule has 0 bridgehead atoms. The predicted molar refractivity (Wildman–Crippen MR) is 66.4 cm³/mol. The Bertz CT molecular complexity index is 198. The van der Waals surface area contributed by atoms with Crippen molar-refractivity contribution in [2.24, 2.45) is 17.6 Å². The summed E-state index contributed by atoms with van der Waals surface area (Å²) in [6, 6.07) is 0.469. The zero-order chi connectivity index (χ0) is 11.4. The highest BCUT2D eigenvalue weighted by Gasteiger charge is 2.28. The van der Waals surface area contributed by atoms with Gasteiger partial charge in [0.25, 0.3) is 0 Å². The van der Waals surface area contributed by atoms with Crippen molar-refractivity contribution in [1.29, 1.82) is 0 Å². The maximum absolute atomic E-state index is 6.12. The SMILES string of the molecule is COCC1CCN(CCC(N)C2CC2)CC1. The average molecular weight is 226 g/mol. The first-order valence-corrected chi connectivity index (χ1v) is 6.76. The van der Waals surface area contributed by atoms with Gasteiger partial charge in [0, 0.05) is 19.8 Å². The standard InChI is InChI=1S/C13H26N2O/c1-16-10-11-4-7-15(8-5-11)9-6-13(14)12-2-3-12/h11-13H,2-10,14H2,1H3. The van der Waals surface area contributed by atoms with E-state index in [-0.39, 0.29) is 0 Å². The lowest BCUT2D eigenvalue weighted by atomic mass is 9.97. The maximum atomic E-state index is 6.12. The van der Waals surface area contributed by atoms with Gasteiger partial charge in [0.15, 0.2) is 0 Å². The van der Waals surface area contributed by atoms with Crippen molar-refractivity contribution >= 4 is 0 Å². The molecule has 1 heterocycles. The van der Waals surface area contributed by atoms with E-state index in [0.29, 0.717) is 6.04 Å². The van der Waals surface area contributed by atoms with Crippen LogP contribution < -0.4 is 5.73 Å². The summed E-state index contributed by atoms with van der Waals surface area (Å²) in [4.78, 5) is 2.58. The van der Waals surface area contributed by atoms with Gasteiger partial charge in [-0.3, -0.25) is 0 Å². The molecule has 1 aliphatic carbocycles. The Morgan fingerprint density at radius 2 is 1.94 bits per heavy atom. The molecule has 0 aromatic heterocycles. The quantitative estimate of drug-likeness (QED) is 0.745. The minimum absolute atomic E-state index is 0.469. The molecule has 2 aliphatic rings. The number of hydrogen-bond donors (Lipinski definition) is 1. The van der Waals surface area contributed by atoms with Crippen molar-refractivity contribution in [3.8, 4) is 0 Å². The molecule has 0 amide bonds. The Kier molecular flexibility index (Phi) is 4.62. The van der Waals surface area contributed by atoms with Gasteiger partial charge in [-0.25, -0.2) is 0 Å². The summed E-state index contributed by atoms with van der Waals surface area (Å²) in [6.45, 7) is 4.63. The minimum Gasteiger partial charge on any atom is -0.384 e. The summed E-state index contributed by atoms with van der Waals surface area (Å²) < 4.78 is 5.22. The van der Waals surface area contributed by atoms with Gasteiger partial charge in [-0.2, -0.15) is 0 Å². The molecule has 0 aromatic carbocycles. The van der Waals surface area contributed by atoms with Gasteiger partial charge in [0.2, 0.25) is 0 Å². The van der Waals surface area contributed by atoms with Crippen molar-refractivity contribution in [3.05, 3.63) is 0 Å². The number of methoxy groups -OCH3 is 1. The number of likely N-dealkylation sites (tertiary alicyclic amines) is 1. The first kappa shape index (κ1) is 12.3. The normalized spacial score (nSPS) is 25.9. The Balaban J connectivity index is 1.57. The highest BCUT2D eigenvalue weighted by atomic mass is 16.5. The number of nitrogens with zero attached hydrogens (tertiary/aromatic N) is 1. The van der Waals surface area contributed by atoms with Gasteiger partial charge in [-0.05, 0) is 63.6 Å². The molecule has 2 fully saturated rings. The van der Waals surface area contributed by atoms with E-state index in [2.05, 4.69) is 4.90 Å². The van der Waals surface area contributed by atoms with Crippen LogP contribution in [0.4, 0.5) is 0 Å². The van der Waals surface area contributed by atoms with Crippen LogP contribution in [0.1, 0.15) is 32.1 Å². The molecule has 16 heavy (non-hydrogen) atoms. The van der Waals surface area contributed by atoms with Crippen LogP contribution in [0.5, 0.6) is 0 Å². The fourth-order valence-corrected chi connectivity index (χ4v) is 2.70. The Morgan fingerprint density at radius 3 is 2.50 bits per heavy atom. The highest BCUT2D eigenvalue weighted by molar-refractivity contribution is 4.85. The molecule has 1 unspecified atom stereocenters. The van der Waals surface area contributed by atoms with E-state index in [9.17, 15) is 0 Å². The van der Waals surface area contributed by atoms with E-state index >= 15 is 0 Å². The number of piperidine rings is 1. The van der Waals surface area contributed by atoms with Gasteiger partial charge in [0.1, 0.15) is 0 Å². The summed E-state index contributed by atoms with van der Waals surface area (Å²) in [7, 11) is 1.81. The second kappa shape index (κ2) is 5.99. The lowest BCUT2D eigenvalue weighted by Crippen LogP contribution is -2.38. The molecule has 3 nitrogen and oxygen atoms in total. The van der Waals surface area contributed by atoms with Crippen molar-refractivity contribution < 1.29 is 4.74 Å². The van der Waals surface area contributed by atoms with Crippen molar-refractivity contribution in [2.45, 2.75) is 38.1 Å². The first-order valence-electron chi connectivity index (χ1n) is 6.76. The van der Waals surface area contributed by atoms with Crippen LogP contribution in [-0.2, 0) is 4.74 Å². The smallest absolute Gasteiger partial charge is 0.0491 e. The van der Waals surface area contributed by atoms with Crippen LogP contribution >= 0.6 is 0 Å².